The molecule has 0 amide bonds. The van der Waals surface area contributed by atoms with E-state index in [1.54, 1.807) is 6.92 Å². The topological polar surface area (TPSA) is 47.3 Å². The summed E-state index contributed by atoms with van der Waals surface area (Å²) in [5.74, 6) is 0.683. The maximum atomic E-state index is 9.83. The van der Waals surface area contributed by atoms with Crippen LogP contribution >= 0.6 is 11.6 Å². The molecule has 1 atom stereocenters. The Morgan fingerprint density at radius 2 is 2.10 bits per heavy atom. The van der Waals surface area contributed by atoms with Crippen LogP contribution in [0.1, 0.15) is 42.5 Å². The van der Waals surface area contributed by atoms with Crippen molar-refractivity contribution in [1.29, 1.82) is 0 Å². The Labute approximate surface area is 130 Å². The van der Waals surface area contributed by atoms with E-state index in [4.69, 9.17) is 16.3 Å². The number of rotatable bonds is 5. The highest BCUT2D eigenvalue weighted by Crippen LogP contribution is 2.28. The Morgan fingerprint density at radius 1 is 1.38 bits per heavy atom. The number of aryl methyl sites for hydroxylation is 3. The van der Waals surface area contributed by atoms with Crippen LogP contribution in [0.3, 0.4) is 0 Å². The first-order valence-corrected chi connectivity index (χ1v) is 7.45. The molecule has 1 aromatic carbocycles. The SMILES string of the molecule is CCn1nc(C)c(Cl)c1COc1cc(C)ccc1C(C)O. The zero-order chi connectivity index (χ0) is 15.6. The molecular formula is C16H21ClN2O2. The number of aliphatic hydroxyl groups is 1. The standard InChI is InChI=1S/C16H21ClN2O2/c1-5-19-14(16(17)11(3)18-19)9-21-15-8-10(2)6-7-13(15)12(4)20/h6-8,12,20H,5,9H2,1-4H3. The molecule has 5 heteroatoms. The minimum absolute atomic E-state index is 0.330. The largest absolute Gasteiger partial charge is 0.487 e. The van der Waals surface area contributed by atoms with Gasteiger partial charge in [-0.05, 0) is 39.3 Å². The molecule has 0 aliphatic heterocycles. The van der Waals surface area contributed by atoms with E-state index >= 15 is 0 Å². The van der Waals surface area contributed by atoms with Crippen molar-refractivity contribution in [3.8, 4) is 5.75 Å². The quantitative estimate of drug-likeness (QED) is 0.913. The van der Waals surface area contributed by atoms with Crippen LogP contribution in [0.15, 0.2) is 18.2 Å². The molecule has 1 unspecified atom stereocenters. The van der Waals surface area contributed by atoms with Gasteiger partial charge >= 0.3 is 0 Å². The van der Waals surface area contributed by atoms with Gasteiger partial charge in [-0.25, -0.2) is 0 Å². The zero-order valence-electron chi connectivity index (χ0n) is 12.9. The summed E-state index contributed by atoms with van der Waals surface area (Å²) >= 11 is 6.28. The first-order chi connectivity index (χ1) is 9.93. The molecule has 0 aliphatic rings. The normalized spacial score (nSPS) is 12.5. The Morgan fingerprint density at radius 3 is 2.71 bits per heavy atom. The maximum absolute atomic E-state index is 9.83. The molecule has 2 rings (SSSR count). The predicted octanol–water partition coefficient (Wildman–Crippen LogP) is 3.81. The average Bonchev–Trinajstić information content (AvgIpc) is 2.71. The van der Waals surface area contributed by atoms with Crippen molar-refractivity contribution < 1.29 is 9.84 Å². The Balaban J connectivity index is 2.26. The second-order valence-corrected chi connectivity index (χ2v) is 5.55. The van der Waals surface area contributed by atoms with Crippen LogP contribution in [-0.2, 0) is 13.2 Å². The van der Waals surface area contributed by atoms with Gasteiger partial charge in [0.25, 0.3) is 0 Å². The monoisotopic (exact) mass is 308 g/mol. The minimum Gasteiger partial charge on any atom is -0.487 e. The lowest BCUT2D eigenvalue weighted by Crippen LogP contribution is -2.08. The van der Waals surface area contributed by atoms with E-state index in [1.165, 1.54) is 0 Å². The minimum atomic E-state index is -0.575. The van der Waals surface area contributed by atoms with Gasteiger partial charge in [-0.1, -0.05) is 23.7 Å². The zero-order valence-corrected chi connectivity index (χ0v) is 13.6. The summed E-state index contributed by atoms with van der Waals surface area (Å²) in [6.45, 7) is 8.68. The molecule has 0 aliphatic carbocycles. The van der Waals surface area contributed by atoms with Gasteiger partial charge in [0.2, 0.25) is 0 Å². The van der Waals surface area contributed by atoms with Gasteiger partial charge in [-0.3, -0.25) is 4.68 Å². The number of benzene rings is 1. The molecule has 0 spiro atoms. The molecule has 0 radical (unpaired) electrons. The molecule has 1 heterocycles. The fourth-order valence-corrected chi connectivity index (χ4v) is 2.45. The van der Waals surface area contributed by atoms with E-state index in [0.29, 0.717) is 17.4 Å². The van der Waals surface area contributed by atoms with Crippen LogP contribution in [0, 0.1) is 13.8 Å². The smallest absolute Gasteiger partial charge is 0.131 e. The van der Waals surface area contributed by atoms with Crippen LogP contribution < -0.4 is 4.74 Å². The van der Waals surface area contributed by atoms with Gasteiger partial charge < -0.3 is 9.84 Å². The third-order valence-corrected chi connectivity index (χ3v) is 3.93. The van der Waals surface area contributed by atoms with E-state index in [0.717, 1.165) is 29.1 Å². The van der Waals surface area contributed by atoms with Crippen molar-refractivity contribution in [3.63, 3.8) is 0 Å². The van der Waals surface area contributed by atoms with Gasteiger partial charge in [-0.2, -0.15) is 5.10 Å². The Kier molecular flexibility index (Phi) is 4.91. The van der Waals surface area contributed by atoms with Gasteiger partial charge in [0.15, 0.2) is 0 Å². The van der Waals surface area contributed by atoms with Crippen molar-refractivity contribution in [3.05, 3.63) is 45.7 Å². The molecule has 1 aromatic heterocycles. The molecule has 4 nitrogen and oxygen atoms in total. The number of aliphatic hydroxyl groups excluding tert-OH is 1. The number of nitrogens with zero attached hydrogens (tertiary/aromatic N) is 2. The van der Waals surface area contributed by atoms with E-state index in [1.807, 2.05) is 43.7 Å². The van der Waals surface area contributed by atoms with Crippen molar-refractivity contribution in [1.82, 2.24) is 9.78 Å². The Bertz CT molecular complexity index is 635. The number of aromatic nitrogens is 2. The third-order valence-electron chi connectivity index (χ3n) is 3.44. The van der Waals surface area contributed by atoms with E-state index in [-0.39, 0.29) is 0 Å². The molecule has 0 saturated heterocycles. The molecule has 0 saturated carbocycles. The summed E-state index contributed by atoms with van der Waals surface area (Å²) in [4.78, 5) is 0. The number of hydrogen-bond acceptors (Lipinski definition) is 3. The Hall–Kier alpha value is -1.52. The van der Waals surface area contributed by atoms with Gasteiger partial charge in [0, 0.05) is 12.1 Å². The highest BCUT2D eigenvalue weighted by molar-refractivity contribution is 6.31. The highest BCUT2D eigenvalue weighted by atomic mass is 35.5. The molecule has 2 aromatic rings. The van der Waals surface area contributed by atoms with Crippen LogP contribution in [0.25, 0.3) is 0 Å². The summed E-state index contributed by atoms with van der Waals surface area (Å²) in [5.41, 5.74) is 3.52. The van der Waals surface area contributed by atoms with E-state index in [2.05, 4.69) is 5.10 Å². The molecule has 0 bridgehead atoms. The van der Waals surface area contributed by atoms with Crippen molar-refractivity contribution in [2.75, 3.05) is 0 Å². The number of ether oxygens (including phenoxy) is 1. The molecule has 114 valence electrons. The molecule has 0 fully saturated rings. The average molecular weight is 309 g/mol. The second kappa shape index (κ2) is 6.50. The third kappa shape index (κ3) is 3.39. The lowest BCUT2D eigenvalue weighted by atomic mass is 10.1. The summed E-state index contributed by atoms with van der Waals surface area (Å²) in [7, 11) is 0. The lowest BCUT2D eigenvalue weighted by Gasteiger charge is -2.15. The number of hydrogen-bond donors (Lipinski definition) is 1. The molecular weight excluding hydrogens is 288 g/mol. The lowest BCUT2D eigenvalue weighted by molar-refractivity contribution is 0.189. The van der Waals surface area contributed by atoms with Crippen LogP contribution in [0.5, 0.6) is 5.75 Å². The summed E-state index contributed by atoms with van der Waals surface area (Å²) in [5, 5.41) is 14.8. The van der Waals surface area contributed by atoms with Gasteiger partial charge in [0.05, 0.1) is 22.5 Å². The highest BCUT2D eigenvalue weighted by Gasteiger charge is 2.15. The van der Waals surface area contributed by atoms with Crippen LogP contribution in [-0.4, -0.2) is 14.9 Å². The first-order valence-electron chi connectivity index (χ1n) is 7.07. The fraction of sp³-hybridized carbons (Fsp3) is 0.438. The summed E-state index contributed by atoms with van der Waals surface area (Å²) in [6, 6.07) is 5.77. The van der Waals surface area contributed by atoms with Crippen molar-refractivity contribution >= 4 is 11.6 Å². The van der Waals surface area contributed by atoms with E-state index in [9.17, 15) is 5.11 Å². The maximum Gasteiger partial charge on any atom is 0.131 e. The summed E-state index contributed by atoms with van der Waals surface area (Å²) < 4.78 is 7.74. The van der Waals surface area contributed by atoms with Crippen molar-refractivity contribution in [2.24, 2.45) is 0 Å². The van der Waals surface area contributed by atoms with Crippen molar-refractivity contribution in [2.45, 2.75) is 47.0 Å². The summed E-state index contributed by atoms with van der Waals surface area (Å²) in [6.07, 6.45) is -0.575. The van der Waals surface area contributed by atoms with Gasteiger partial charge in [0.1, 0.15) is 12.4 Å². The van der Waals surface area contributed by atoms with Crippen LogP contribution in [0.2, 0.25) is 5.02 Å². The number of halogens is 1. The fourth-order valence-electron chi connectivity index (χ4n) is 2.26. The van der Waals surface area contributed by atoms with Gasteiger partial charge in [-0.15, -0.1) is 0 Å². The molecule has 21 heavy (non-hydrogen) atoms. The van der Waals surface area contributed by atoms with E-state index < -0.39 is 6.10 Å². The molecule has 1 N–H and O–H groups in total. The second-order valence-electron chi connectivity index (χ2n) is 5.17. The predicted molar refractivity (Wildman–Crippen MR) is 83.8 cm³/mol. The first kappa shape index (κ1) is 15.9. The van der Waals surface area contributed by atoms with Crippen LogP contribution in [0.4, 0.5) is 0 Å².